The quantitative estimate of drug-likeness (QED) is 0.590. The van der Waals surface area contributed by atoms with Crippen LogP contribution < -0.4 is 0 Å². The van der Waals surface area contributed by atoms with Gasteiger partial charge in [0.25, 0.3) is 0 Å². The Morgan fingerprint density at radius 1 is 1.35 bits per heavy atom. The maximum atomic E-state index is 11.7. The van der Waals surface area contributed by atoms with Crippen molar-refractivity contribution in [3.8, 4) is 18.0 Å². The second-order valence-corrected chi connectivity index (χ2v) is 3.64. The predicted molar refractivity (Wildman–Crippen MR) is 66.0 cm³/mol. The van der Waals surface area contributed by atoms with Crippen LogP contribution in [0.1, 0.15) is 23.2 Å². The summed E-state index contributed by atoms with van der Waals surface area (Å²) >= 11 is 0. The number of carbonyl (C=O) groups is 1. The fraction of sp³-hybridized carbons (Fsp3) is 0.143. The van der Waals surface area contributed by atoms with E-state index in [4.69, 9.17) is 6.42 Å². The molecule has 3 heteroatoms. The first-order valence-electron chi connectivity index (χ1n) is 5.38. The zero-order valence-electron chi connectivity index (χ0n) is 9.34. The lowest BCUT2D eigenvalue weighted by atomic mass is 10.1. The van der Waals surface area contributed by atoms with Gasteiger partial charge >= 0.3 is 0 Å². The molecule has 0 aliphatic heterocycles. The molecule has 17 heavy (non-hydrogen) atoms. The SMILES string of the molecule is C#CCCC(=O)c1cnn(-c2ccccc2)c1. The fourth-order valence-corrected chi connectivity index (χ4v) is 1.52. The van der Waals surface area contributed by atoms with Crippen molar-refractivity contribution in [1.29, 1.82) is 0 Å². The van der Waals surface area contributed by atoms with Crippen molar-refractivity contribution >= 4 is 5.78 Å². The zero-order chi connectivity index (χ0) is 12.1. The van der Waals surface area contributed by atoms with Crippen LogP contribution in [0.3, 0.4) is 0 Å². The summed E-state index contributed by atoms with van der Waals surface area (Å²) in [5.74, 6) is 2.49. The standard InChI is InChI=1S/C14H12N2O/c1-2-3-9-14(17)12-10-15-16(11-12)13-7-5-4-6-8-13/h1,4-8,10-11H,3,9H2. The Kier molecular flexibility index (Phi) is 3.37. The summed E-state index contributed by atoms with van der Waals surface area (Å²) in [7, 11) is 0. The average molecular weight is 224 g/mol. The van der Waals surface area contributed by atoms with Gasteiger partial charge in [0, 0.05) is 19.0 Å². The van der Waals surface area contributed by atoms with Gasteiger partial charge in [0.15, 0.2) is 5.78 Å². The molecule has 0 N–H and O–H groups in total. The summed E-state index contributed by atoms with van der Waals surface area (Å²) < 4.78 is 1.68. The summed E-state index contributed by atoms with van der Waals surface area (Å²) in [6, 6.07) is 9.66. The number of aromatic nitrogens is 2. The number of ketones is 1. The highest BCUT2D eigenvalue weighted by Gasteiger charge is 2.08. The molecule has 0 unspecified atom stereocenters. The monoisotopic (exact) mass is 224 g/mol. The summed E-state index contributed by atoms with van der Waals surface area (Å²) in [6.07, 6.45) is 9.27. The highest BCUT2D eigenvalue weighted by Crippen LogP contribution is 2.09. The highest BCUT2D eigenvalue weighted by molar-refractivity contribution is 5.95. The molecule has 0 saturated heterocycles. The lowest BCUT2D eigenvalue weighted by molar-refractivity contribution is 0.0984. The Labute approximate surface area is 100 Å². The zero-order valence-corrected chi connectivity index (χ0v) is 9.34. The van der Waals surface area contributed by atoms with Crippen LogP contribution in [0, 0.1) is 12.3 Å². The number of benzene rings is 1. The van der Waals surface area contributed by atoms with Crippen molar-refractivity contribution in [1.82, 2.24) is 9.78 Å². The second-order valence-electron chi connectivity index (χ2n) is 3.64. The third-order valence-corrected chi connectivity index (χ3v) is 2.42. The third-order valence-electron chi connectivity index (χ3n) is 2.42. The molecule has 84 valence electrons. The molecule has 1 aromatic carbocycles. The van der Waals surface area contributed by atoms with E-state index in [0.29, 0.717) is 18.4 Å². The van der Waals surface area contributed by atoms with E-state index >= 15 is 0 Å². The van der Waals surface area contributed by atoms with E-state index in [1.165, 1.54) is 0 Å². The number of hydrogen-bond acceptors (Lipinski definition) is 2. The number of carbonyl (C=O) groups excluding carboxylic acids is 1. The van der Waals surface area contributed by atoms with Gasteiger partial charge in [0.05, 0.1) is 17.4 Å². The van der Waals surface area contributed by atoms with Crippen molar-refractivity contribution in [3.63, 3.8) is 0 Å². The van der Waals surface area contributed by atoms with E-state index < -0.39 is 0 Å². The maximum Gasteiger partial charge on any atom is 0.166 e. The second kappa shape index (κ2) is 5.13. The topological polar surface area (TPSA) is 34.9 Å². The highest BCUT2D eigenvalue weighted by atomic mass is 16.1. The first-order chi connectivity index (χ1) is 8.31. The lowest BCUT2D eigenvalue weighted by Crippen LogP contribution is -1.97. The lowest BCUT2D eigenvalue weighted by Gasteiger charge is -1.98. The minimum Gasteiger partial charge on any atom is -0.294 e. The number of nitrogens with zero attached hydrogens (tertiary/aromatic N) is 2. The number of para-hydroxylation sites is 1. The molecule has 2 aromatic rings. The van der Waals surface area contributed by atoms with Gasteiger partial charge in [-0.25, -0.2) is 4.68 Å². The largest absolute Gasteiger partial charge is 0.294 e. The Morgan fingerprint density at radius 2 is 2.12 bits per heavy atom. The smallest absolute Gasteiger partial charge is 0.166 e. The minimum atomic E-state index is 0.0325. The molecule has 0 aliphatic carbocycles. The molecule has 0 amide bonds. The van der Waals surface area contributed by atoms with Gasteiger partial charge in [-0.15, -0.1) is 12.3 Å². The fourth-order valence-electron chi connectivity index (χ4n) is 1.52. The van der Waals surface area contributed by atoms with Crippen molar-refractivity contribution in [2.75, 3.05) is 0 Å². The number of Topliss-reactive ketones (excluding diaryl/α,β-unsaturated/α-hetero) is 1. The van der Waals surface area contributed by atoms with Crippen LogP contribution in [0.2, 0.25) is 0 Å². The van der Waals surface area contributed by atoms with E-state index in [-0.39, 0.29) is 5.78 Å². The molecule has 1 heterocycles. The molecular weight excluding hydrogens is 212 g/mol. The summed E-state index contributed by atoms with van der Waals surface area (Å²) in [5.41, 5.74) is 1.53. The molecule has 1 aromatic heterocycles. The molecule has 0 aliphatic rings. The Bertz CT molecular complexity index is 549. The minimum absolute atomic E-state index is 0.0325. The molecule has 0 radical (unpaired) electrons. The molecule has 0 saturated carbocycles. The van der Waals surface area contributed by atoms with Gasteiger partial charge < -0.3 is 0 Å². The van der Waals surface area contributed by atoms with E-state index in [9.17, 15) is 4.79 Å². The van der Waals surface area contributed by atoms with E-state index in [0.717, 1.165) is 5.69 Å². The molecular formula is C14H12N2O. The van der Waals surface area contributed by atoms with Crippen LogP contribution >= 0.6 is 0 Å². The van der Waals surface area contributed by atoms with E-state index in [1.807, 2.05) is 30.3 Å². The molecule has 0 atom stereocenters. The molecule has 0 bridgehead atoms. The van der Waals surface area contributed by atoms with Gasteiger partial charge in [0.2, 0.25) is 0 Å². The van der Waals surface area contributed by atoms with Crippen LogP contribution in [-0.4, -0.2) is 15.6 Å². The van der Waals surface area contributed by atoms with Gasteiger partial charge in [-0.05, 0) is 12.1 Å². The summed E-state index contributed by atoms with van der Waals surface area (Å²) in [6.45, 7) is 0. The molecule has 0 spiro atoms. The van der Waals surface area contributed by atoms with Gasteiger partial charge in [-0.2, -0.15) is 5.10 Å². The van der Waals surface area contributed by atoms with Gasteiger partial charge in [-0.3, -0.25) is 4.79 Å². The molecule has 2 rings (SSSR count). The summed E-state index contributed by atoms with van der Waals surface area (Å²) in [5, 5.41) is 4.16. The van der Waals surface area contributed by atoms with Gasteiger partial charge in [0.1, 0.15) is 0 Å². The number of rotatable bonds is 4. The van der Waals surface area contributed by atoms with Crippen molar-refractivity contribution < 1.29 is 4.79 Å². The third kappa shape index (κ3) is 2.61. The molecule has 3 nitrogen and oxygen atoms in total. The van der Waals surface area contributed by atoms with Crippen LogP contribution in [0.5, 0.6) is 0 Å². The average Bonchev–Trinajstić information content (AvgIpc) is 2.86. The Morgan fingerprint density at radius 3 is 2.82 bits per heavy atom. The van der Waals surface area contributed by atoms with E-state index in [1.54, 1.807) is 17.1 Å². The Hall–Kier alpha value is -2.34. The van der Waals surface area contributed by atoms with Crippen LogP contribution in [-0.2, 0) is 0 Å². The maximum absolute atomic E-state index is 11.7. The van der Waals surface area contributed by atoms with Crippen molar-refractivity contribution in [2.24, 2.45) is 0 Å². The Balaban J connectivity index is 2.17. The van der Waals surface area contributed by atoms with Crippen LogP contribution in [0.25, 0.3) is 5.69 Å². The number of hydrogen-bond donors (Lipinski definition) is 0. The van der Waals surface area contributed by atoms with Crippen LogP contribution in [0.15, 0.2) is 42.7 Å². The first kappa shape index (κ1) is 11.2. The summed E-state index contributed by atoms with van der Waals surface area (Å²) in [4.78, 5) is 11.7. The predicted octanol–water partition coefficient (Wildman–Crippen LogP) is 2.47. The number of terminal acetylenes is 1. The molecule has 0 fully saturated rings. The van der Waals surface area contributed by atoms with Crippen molar-refractivity contribution in [2.45, 2.75) is 12.8 Å². The normalized spacial score (nSPS) is 9.82. The van der Waals surface area contributed by atoms with Crippen molar-refractivity contribution in [3.05, 3.63) is 48.3 Å². The van der Waals surface area contributed by atoms with E-state index in [2.05, 4.69) is 11.0 Å². The van der Waals surface area contributed by atoms with Gasteiger partial charge in [-0.1, -0.05) is 18.2 Å². The first-order valence-corrected chi connectivity index (χ1v) is 5.38. The van der Waals surface area contributed by atoms with Crippen LogP contribution in [0.4, 0.5) is 0 Å².